The smallest absolute Gasteiger partial charge is 0.277 e. The molecule has 0 spiro atoms. The van der Waals surface area contributed by atoms with E-state index >= 15 is 0 Å². The Morgan fingerprint density at radius 3 is 2.57 bits per heavy atom. The Hall–Kier alpha value is -3.94. The first-order valence-electron chi connectivity index (χ1n) is 13.1. The summed E-state index contributed by atoms with van der Waals surface area (Å²) in [5.74, 6) is -0.712. The van der Waals surface area contributed by atoms with Gasteiger partial charge >= 0.3 is 0 Å². The SMILES string of the molecule is CCCCc1cccc(-n2nc(C(N)=O)c3c2C(=O)N(c2ccc(N4CCCCC4=O)cc2C)CC3)c1. The number of hydrogen-bond donors (Lipinski definition) is 1. The van der Waals surface area contributed by atoms with E-state index in [1.165, 1.54) is 0 Å². The van der Waals surface area contributed by atoms with Crippen molar-refractivity contribution in [2.24, 2.45) is 5.73 Å². The summed E-state index contributed by atoms with van der Waals surface area (Å²) in [4.78, 5) is 42.2. The van der Waals surface area contributed by atoms with Crippen molar-refractivity contribution in [2.45, 2.75) is 58.8 Å². The lowest BCUT2D eigenvalue weighted by atomic mass is 10.0. The maximum atomic E-state index is 13.9. The molecule has 0 aliphatic carbocycles. The normalized spacial score (nSPS) is 15.7. The molecule has 5 rings (SSSR count). The third-order valence-electron chi connectivity index (χ3n) is 7.33. The van der Waals surface area contributed by atoms with Gasteiger partial charge in [0.1, 0.15) is 5.69 Å². The fourth-order valence-electron chi connectivity index (χ4n) is 5.39. The molecule has 0 atom stereocenters. The van der Waals surface area contributed by atoms with Crippen molar-refractivity contribution in [3.05, 3.63) is 70.5 Å². The number of unbranched alkanes of at least 4 members (excludes halogenated alkanes) is 1. The molecule has 37 heavy (non-hydrogen) atoms. The lowest BCUT2D eigenvalue weighted by Crippen LogP contribution is -2.39. The number of carbonyl (C=O) groups excluding carboxylic acids is 3. The van der Waals surface area contributed by atoms with Gasteiger partial charge in [-0.05, 0) is 80.5 Å². The van der Waals surface area contributed by atoms with Crippen LogP contribution < -0.4 is 15.5 Å². The van der Waals surface area contributed by atoms with Crippen LogP contribution in [0.1, 0.15) is 76.7 Å². The summed E-state index contributed by atoms with van der Waals surface area (Å²) in [5, 5.41) is 4.52. The molecule has 8 nitrogen and oxygen atoms in total. The Morgan fingerprint density at radius 2 is 1.84 bits per heavy atom. The molecule has 2 aromatic carbocycles. The molecule has 2 aliphatic rings. The van der Waals surface area contributed by atoms with Gasteiger partial charge in [0.05, 0.1) is 5.69 Å². The van der Waals surface area contributed by atoms with Crippen LogP contribution in [-0.4, -0.2) is 40.6 Å². The molecule has 2 aliphatic heterocycles. The molecule has 0 saturated carbocycles. The van der Waals surface area contributed by atoms with E-state index in [2.05, 4.69) is 18.1 Å². The van der Waals surface area contributed by atoms with Crippen molar-refractivity contribution in [2.75, 3.05) is 22.9 Å². The van der Waals surface area contributed by atoms with Gasteiger partial charge in [-0.15, -0.1) is 0 Å². The van der Waals surface area contributed by atoms with Crippen LogP contribution in [0.25, 0.3) is 5.69 Å². The summed E-state index contributed by atoms with van der Waals surface area (Å²) >= 11 is 0. The summed E-state index contributed by atoms with van der Waals surface area (Å²) in [6.07, 6.45) is 6.05. The van der Waals surface area contributed by atoms with Crippen LogP contribution in [0.4, 0.5) is 11.4 Å². The van der Waals surface area contributed by atoms with Crippen LogP contribution in [-0.2, 0) is 17.6 Å². The van der Waals surface area contributed by atoms with Gasteiger partial charge in [-0.1, -0.05) is 25.5 Å². The zero-order valence-corrected chi connectivity index (χ0v) is 21.5. The van der Waals surface area contributed by atoms with Crippen molar-refractivity contribution in [3.63, 3.8) is 0 Å². The van der Waals surface area contributed by atoms with Gasteiger partial charge in [0.15, 0.2) is 5.69 Å². The Balaban J connectivity index is 1.52. The van der Waals surface area contributed by atoms with E-state index in [9.17, 15) is 14.4 Å². The number of rotatable bonds is 7. The van der Waals surface area contributed by atoms with E-state index in [-0.39, 0.29) is 17.5 Å². The van der Waals surface area contributed by atoms with Gasteiger partial charge in [-0.3, -0.25) is 14.4 Å². The number of nitrogens with zero attached hydrogens (tertiary/aromatic N) is 4. The van der Waals surface area contributed by atoms with E-state index in [1.807, 2.05) is 48.2 Å². The van der Waals surface area contributed by atoms with Crippen LogP contribution in [0.15, 0.2) is 42.5 Å². The average molecular weight is 500 g/mol. The molecule has 8 heteroatoms. The number of primary amides is 1. The Kier molecular flexibility index (Phi) is 6.82. The number of nitrogens with two attached hydrogens (primary N) is 1. The maximum Gasteiger partial charge on any atom is 0.277 e. The van der Waals surface area contributed by atoms with Crippen LogP contribution in [0, 0.1) is 6.92 Å². The number of aryl methyl sites for hydroxylation is 2. The molecule has 0 radical (unpaired) electrons. The lowest BCUT2D eigenvalue weighted by molar-refractivity contribution is -0.119. The minimum Gasteiger partial charge on any atom is -0.364 e. The molecule has 1 aromatic heterocycles. The highest BCUT2D eigenvalue weighted by atomic mass is 16.2. The summed E-state index contributed by atoms with van der Waals surface area (Å²) in [5.41, 5.74) is 11.2. The topological polar surface area (TPSA) is 102 Å². The standard InChI is InChI=1S/C29H33N5O3/c1-3-4-8-20-9-7-10-22(18-20)34-27-23(26(31-34)28(30)36)14-16-33(29(27)37)24-13-12-21(17-19(24)2)32-15-6-5-11-25(32)35/h7,9-10,12-13,17-18H,3-6,8,11,14-16H2,1-2H3,(H2,30,36). The molecule has 3 amide bonds. The zero-order chi connectivity index (χ0) is 26.1. The Labute approximate surface area is 217 Å². The quantitative estimate of drug-likeness (QED) is 0.522. The zero-order valence-electron chi connectivity index (χ0n) is 21.5. The minimum absolute atomic E-state index is 0.140. The molecular weight excluding hydrogens is 466 g/mol. The van der Waals surface area contributed by atoms with Crippen LogP contribution >= 0.6 is 0 Å². The highest BCUT2D eigenvalue weighted by molar-refractivity contribution is 6.10. The van der Waals surface area contributed by atoms with Crippen molar-refractivity contribution < 1.29 is 14.4 Å². The number of fused-ring (bicyclic) bond motifs is 1. The van der Waals surface area contributed by atoms with Crippen molar-refractivity contribution >= 4 is 29.1 Å². The third-order valence-corrected chi connectivity index (χ3v) is 7.33. The molecule has 3 aromatic rings. The first-order valence-corrected chi connectivity index (χ1v) is 13.1. The van der Waals surface area contributed by atoms with Crippen LogP contribution in [0.5, 0.6) is 0 Å². The molecule has 192 valence electrons. The highest BCUT2D eigenvalue weighted by Gasteiger charge is 2.35. The Morgan fingerprint density at radius 1 is 1.00 bits per heavy atom. The van der Waals surface area contributed by atoms with E-state index in [1.54, 1.807) is 9.58 Å². The summed E-state index contributed by atoms with van der Waals surface area (Å²) in [7, 11) is 0. The number of carbonyl (C=O) groups is 3. The number of hydrogen-bond acceptors (Lipinski definition) is 4. The number of piperidine rings is 1. The van der Waals surface area contributed by atoms with E-state index in [0.29, 0.717) is 30.6 Å². The van der Waals surface area contributed by atoms with Crippen LogP contribution in [0.2, 0.25) is 0 Å². The summed E-state index contributed by atoms with van der Waals surface area (Å²) < 4.78 is 1.58. The molecule has 2 N–H and O–H groups in total. The second-order valence-corrected chi connectivity index (χ2v) is 9.91. The molecule has 1 fully saturated rings. The Bertz CT molecular complexity index is 1380. The molecule has 0 bridgehead atoms. The van der Waals surface area contributed by atoms with E-state index in [0.717, 1.165) is 66.8 Å². The average Bonchev–Trinajstić information content (AvgIpc) is 3.29. The predicted molar refractivity (Wildman–Crippen MR) is 143 cm³/mol. The van der Waals surface area contributed by atoms with Gasteiger partial charge in [0.2, 0.25) is 5.91 Å². The first-order chi connectivity index (χ1) is 17.9. The second kappa shape index (κ2) is 10.2. The molecule has 0 unspecified atom stereocenters. The van der Waals surface area contributed by atoms with E-state index in [4.69, 9.17) is 5.73 Å². The summed E-state index contributed by atoms with van der Waals surface area (Å²) in [6, 6.07) is 13.7. The predicted octanol–water partition coefficient (Wildman–Crippen LogP) is 4.34. The van der Waals surface area contributed by atoms with Gasteiger partial charge in [-0.25, -0.2) is 4.68 Å². The minimum atomic E-state index is -0.634. The molecule has 1 saturated heterocycles. The van der Waals surface area contributed by atoms with Gasteiger partial charge in [0.25, 0.3) is 11.8 Å². The first kappa shape index (κ1) is 24.7. The van der Waals surface area contributed by atoms with E-state index < -0.39 is 5.91 Å². The van der Waals surface area contributed by atoms with Crippen molar-refractivity contribution in [3.8, 4) is 5.69 Å². The number of benzene rings is 2. The van der Waals surface area contributed by atoms with Crippen LogP contribution in [0.3, 0.4) is 0 Å². The highest BCUT2D eigenvalue weighted by Crippen LogP contribution is 2.33. The lowest BCUT2D eigenvalue weighted by Gasteiger charge is -2.31. The number of amides is 3. The third kappa shape index (κ3) is 4.63. The number of anilines is 2. The largest absolute Gasteiger partial charge is 0.364 e. The van der Waals surface area contributed by atoms with Gasteiger partial charge in [0, 0.05) is 36.4 Å². The van der Waals surface area contributed by atoms with Crippen molar-refractivity contribution in [1.29, 1.82) is 0 Å². The van der Waals surface area contributed by atoms with Gasteiger partial charge in [-0.2, -0.15) is 5.10 Å². The number of aromatic nitrogens is 2. The molecular formula is C29H33N5O3. The fourth-order valence-corrected chi connectivity index (χ4v) is 5.39. The summed E-state index contributed by atoms with van der Waals surface area (Å²) in [6.45, 7) is 5.24. The molecule has 3 heterocycles. The monoisotopic (exact) mass is 499 g/mol. The van der Waals surface area contributed by atoms with Gasteiger partial charge < -0.3 is 15.5 Å². The maximum absolute atomic E-state index is 13.9. The fraction of sp³-hybridized carbons (Fsp3) is 0.379. The second-order valence-electron chi connectivity index (χ2n) is 9.91. The van der Waals surface area contributed by atoms with Crippen molar-refractivity contribution in [1.82, 2.24) is 9.78 Å².